The maximum atomic E-state index is 12.5. The minimum atomic E-state index is -0.505. The lowest BCUT2D eigenvalue weighted by Gasteiger charge is -2.41. The van der Waals surface area contributed by atoms with Gasteiger partial charge in [-0.05, 0) is 57.5 Å². The van der Waals surface area contributed by atoms with Gasteiger partial charge in [-0.2, -0.15) is 0 Å². The Labute approximate surface area is 194 Å². The fourth-order valence-corrected chi connectivity index (χ4v) is 4.17. The molecule has 1 fully saturated rings. The van der Waals surface area contributed by atoms with E-state index in [9.17, 15) is 4.79 Å². The predicted molar refractivity (Wildman–Crippen MR) is 131 cm³/mol. The minimum Gasteiger partial charge on any atom is -0.480 e. The number of aromatic nitrogens is 2. The van der Waals surface area contributed by atoms with E-state index in [1.165, 1.54) is 0 Å². The molecule has 2 N–H and O–H groups in total. The third-order valence-electron chi connectivity index (χ3n) is 5.71. The van der Waals surface area contributed by atoms with Gasteiger partial charge in [-0.1, -0.05) is 6.07 Å². The molecule has 3 heterocycles. The molecular formula is C25H31N5O3. The van der Waals surface area contributed by atoms with Gasteiger partial charge < -0.3 is 25.0 Å². The van der Waals surface area contributed by atoms with Crippen LogP contribution in [0.1, 0.15) is 27.7 Å². The Kier molecular flexibility index (Phi) is 6.01. The van der Waals surface area contributed by atoms with Gasteiger partial charge in [0.15, 0.2) is 0 Å². The molecule has 1 aromatic carbocycles. The molecule has 1 amide bonds. The lowest BCUT2D eigenvalue weighted by molar-refractivity contribution is 0.0219. The van der Waals surface area contributed by atoms with Gasteiger partial charge in [-0.3, -0.25) is 4.98 Å². The average Bonchev–Trinajstić information content (AvgIpc) is 2.77. The Morgan fingerprint density at radius 3 is 2.58 bits per heavy atom. The molecule has 0 radical (unpaired) electrons. The number of rotatable bonds is 3. The molecule has 8 nitrogen and oxygen atoms in total. The van der Waals surface area contributed by atoms with Crippen LogP contribution in [0.15, 0.2) is 42.7 Å². The summed E-state index contributed by atoms with van der Waals surface area (Å²) in [4.78, 5) is 25.5. The molecule has 3 aromatic rings. The Balaban J connectivity index is 1.63. The SMILES string of the molecule is COc1ncc(-c2ccc3nccc(N4CCN(C(=O)OC(C)(C)C)C[C@@H]4C)c3c2)cc1N. The van der Waals surface area contributed by atoms with Crippen molar-refractivity contribution in [1.29, 1.82) is 0 Å². The lowest BCUT2D eigenvalue weighted by atomic mass is 10.0. The number of carbonyl (C=O) groups excluding carboxylic acids is 1. The molecule has 0 bridgehead atoms. The Morgan fingerprint density at radius 1 is 1.12 bits per heavy atom. The number of piperazine rings is 1. The third kappa shape index (κ3) is 4.79. The highest BCUT2D eigenvalue weighted by molar-refractivity contribution is 5.95. The van der Waals surface area contributed by atoms with Gasteiger partial charge in [-0.15, -0.1) is 0 Å². The Morgan fingerprint density at radius 2 is 1.91 bits per heavy atom. The van der Waals surface area contributed by atoms with Crippen LogP contribution in [0.5, 0.6) is 5.88 Å². The molecular weight excluding hydrogens is 418 g/mol. The van der Waals surface area contributed by atoms with E-state index in [-0.39, 0.29) is 12.1 Å². The summed E-state index contributed by atoms with van der Waals surface area (Å²) in [5.74, 6) is 0.415. The molecule has 1 atom stereocenters. The van der Waals surface area contributed by atoms with Crippen molar-refractivity contribution in [2.45, 2.75) is 39.3 Å². The van der Waals surface area contributed by atoms with Crippen molar-refractivity contribution in [3.8, 4) is 17.0 Å². The lowest BCUT2D eigenvalue weighted by Crippen LogP contribution is -2.54. The second-order valence-corrected chi connectivity index (χ2v) is 9.35. The van der Waals surface area contributed by atoms with E-state index in [1.54, 1.807) is 18.2 Å². The fourth-order valence-electron chi connectivity index (χ4n) is 4.17. The Hall–Kier alpha value is -3.55. The molecule has 0 spiro atoms. The van der Waals surface area contributed by atoms with Crippen LogP contribution in [0.3, 0.4) is 0 Å². The first-order chi connectivity index (χ1) is 15.7. The largest absolute Gasteiger partial charge is 0.480 e. The highest BCUT2D eigenvalue weighted by atomic mass is 16.6. The standard InChI is InChI=1S/C25H31N5O3/c1-16-15-29(24(31)33-25(2,3)4)10-11-30(16)22-8-9-27-21-7-6-17(12-19(21)22)18-13-20(26)23(32-5)28-14-18/h6-9,12-14,16H,10-11,15,26H2,1-5H3/t16-/m0/s1. The van der Waals surface area contributed by atoms with Gasteiger partial charge in [0, 0.05) is 54.7 Å². The molecule has 1 aliphatic rings. The zero-order valence-electron chi connectivity index (χ0n) is 19.8. The maximum absolute atomic E-state index is 12.5. The van der Waals surface area contributed by atoms with E-state index in [1.807, 2.05) is 51.2 Å². The summed E-state index contributed by atoms with van der Waals surface area (Å²) in [6.07, 6.45) is 3.33. The molecule has 1 aliphatic heterocycles. The number of pyridine rings is 2. The number of nitrogen functional groups attached to an aromatic ring is 1. The maximum Gasteiger partial charge on any atom is 0.410 e. The van der Waals surface area contributed by atoms with E-state index in [2.05, 4.69) is 27.9 Å². The molecule has 8 heteroatoms. The first-order valence-electron chi connectivity index (χ1n) is 11.1. The second-order valence-electron chi connectivity index (χ2n) is 9.35. The van der Waals surface area contributed by atoms with Crippen molar-refractivity contribution in [3.63, 3.8) is 0 Å². The van der Waals surface area contributed by atoms with Gasteiger partial charge in [0.25, 0.3) is 0 Å². The van der Waals surface area contributed by atoms with Crippen molar-refractivity contribution in [3.05, 3.63) is 42.7 Å². The summed E-state index contributed by atoms with van der Waals surface area (Å²) >= 11 is 0. The van der Waals surface area contributed by atoms with E-state index in [0.717, 1.165) is 27.7 Å². The first-order valence-corrected chi connectivity index (χ1v) is 11.1. The van der Waals surface area contributed by atoms with Gasteiger partial charge in [0.1, 0.15) is 5.60 Å². The van der Waals surface area contributed by atoms with Crippen LogP contribution in [0.4, 0.5) is 16.2 Å². The van der Waals surface area contributed by atoms with Crippen LogP contribution in [-0.2, 0) is 4.74 Å². The van der Waals surface area contributed by atoms with Gasteiger partial charge >= 0.3 is 6.09 Å². The number of hydrogen-bond donors (Lipinski definition) is 1. The van der Waals surface area contributed by atoms with Crippen LogP contribution in [-0.4, -0.2) is 59.3 Å². The van der Waals surface area contributed by atoms with Crippen LogP contribution in [0.2, 0.25) is 0 Å². The highest BCUT2D eigenvalue weighted by Gasteiger charge is 2.30. The summed E-state index contributed by atoms with van der Waals surface area (Å²) in [6, 6.07) is 10.2. The van der Waals surface area contributed by atoms with Crippen LogP contribution in [0, 0.1) is 0 Å². The zero-order chi connectivity index (χ0) is 23.8. The summed E-state index contributed by atoms with van der Waals surface area (Å²) < 4.78 is 10.7. The number of hydrogen-bond acceptors (Lipinski definition) is 7. The molecule has 4 rings (SSSR count). The number of carbonyl (C=O) groups is 1. The number of nitrogens with two attached hydrogens (primary N) is 1. The summed E-state index contributed by atoms with van der Waals surface area (Å²) in [7, 11) is 1.55. The van der Waals surface area contributed by atoms with Crippen molar-refractivity contribution in [2.24, 2.45) is 0 Å². The van der Waals surface area contributed by atoms with Crippen molar-refractivity contribution >= 4 is 28.4 Å². The summed E-state index contributed by atoms with van der Waals surface area (Å²) in [6.45, 7) is 9.69. The molecule has 174 valence electrons. The Bertz CT molecular complexity index is 1170. The number of benzene rings is 1. The van der Waals surface area contributed by atoms with Gasteiger partial charge in [0.05, 0.1) is 18.3 Å². The smallest absolute Gasteiger partial charge is 0.410 e. The van der Waals surface area contributed by atoms with Crippen LogP contribution >= 0.6 is 0 Å². The topological polar surface area (TPSA) is 93.8 Å². The monoisotopic (exact) mass is 449 g/mol. The second kappa shape index (κ2) is 8.77. The fraction of sp³-hybridized carbons (Fsp3) is 0.400. The number of ether oxygens (including phenoxy) is 2. The summed E-state index contributed by atoms with van der Waals surface area (Å²) in [5.41, 5.74) is 9.97. The molecule has 0 unspecified atom stereocenters. The van der Waals surface area contributed by atoms with E-state index in [4.69, 9.17) is 15.2 Å². The highest BCUT2D eigenvalue weighted by Crippen LogP contribution is 2.33. The normalized spacial score (nSPS) is 16.7. The number of methoxy groups -OCH3 is 1. The molecule has 1 saturated heterocycles. The number of amides is 1. The predicted octanol–water partition coefficient (Wildman–Crippen LogP) is 4.33. The van der Waals surface area contributed by atoms with Gasteiger partial charge in [-0.25, -0.2) is 9.78 Å². The molecule has 33 heavy (non-hydrogen) atoms. The molecule has 0 saturated carbocycles. The van der Waals surface area contributed by atoms with E-state index < -0.39 is 5.60 Å². The summed E-state index contributed by atoms with van der Waals surface area (Å²) in [5, 5.41) is 1.04. The van der Waals surface area contributed by atoms with Crippen molar-refractivity contribution in [1.82, 2.24) is 14.9 Å². The van der Waals surface area contributed by atoms with E-state index >= 15 is 0 Å². The van der Waals surface area contributed by atoms with Crippen LogP contribution < -0.4 is 15.4 Å². The van der Waals surface area contributed by atoms with Gasteiger partial charge in [0.2, 0.25) is 5.88 Å². The van der Waals surface area contributed by atoms with Crippen LogP contribution in [0.25, 0.3) is 22.0 Å². The van der Waals surface area contributed by atoms with E-state index in [0.29, 0.717) is 31.2 Å². The first kappa shape index (κ1) is 22.6. The quantitative estimate of drug-likeness (QED) is 0.636. The molecule has 0 aliphatic carbocycles. The minimum absolute atomic E-state index is 0.124. The number of fused-ring (bicyclic) bond motifs is 1. The van der Waals surface area contributed by atoms with Crippen molar-refractivity contribution < 1.29 is 14.3 Å². The third-order valence-corrected chi connectivity index (χ3v) is 5.71. The van der Waals surface area contributed by atoms with Crippen molar-refractivity contribution in [2.75, 3.05) is 37.4 Å². The average molecular weight is 450 g/mol. The number of nitrogens with zero attached hydrogens (tertiary/aromatic N) is 4. The molecule has 2 aromatic heterocycles. The number of anilines is 2. The zero-order valence-corrected chi connectivity index (χ0v) is 19.8.